The minimum atomic E-state index is -0.648. The summed E-state index contributed by atoms with van der Waals surface area (Å²) in [7, 11) is 0. The van der Waals surface area contributed by atoms with Crippen LogP contribution in [0.1, 0.15) is 38.8 Å². The van der Waals surface area contributed by atoms with Gasteiger partial charge in [-0.2, -0.15) is 0 Å². The van der Waals surface area contributed by atoms with Gasteiger partial charge in [0.2, 0.25) is 11.8 Å². The number of carbonyl (C=O) groups is 2. The van der Waals surface area contributed by atoms with E-state index in [9.17, 15) is 14.0 Å². The van der Waals surface area contributed by atoms with Crippen molar-refractivity contribution in [3.05, 3.63) is 71.5 Å². The Balaban J connectivity index is 2.22. The summed E-state index contributed by atoms with van der Waals surface area (Å²) < 4.78 is 13.2. The molecule has 0 aliphatic rings. The lowest BCUT2D eigenvalue weighted by Crippen LogP contribution is -2.52. The first kappa shape index (κ1) is 20.6. The van der Waals surface area contributed by atoms with E-state index >= 15 is 0 Å². The molecule has 0 fully saturated rings. The quantitative estimate of drug-likeness (QED) is 0.843. The first-order valence-electron chi connectivity index (χ1n) is 9.05. The zero-order valence-electron chi connectivity index (χ0n) is 16.3. The number of hydrogen-bond donors (Lipinski definition) is 1. The first-order valence-corrected chi connectivity index (χ1v) is 9.05. The maximum Gasteiger partial charge on any atom is 0.242 e. The molecule has 0 aliphatic heterocycles. The highest BCUT2D eigenvalue weighted by atomic mass is 19.1. The lowest BCUT2D eigenvalue weighted by atomic mass is 10.1. The molecule has 0 spiro atoms. The van der Waals surface area contributed by atoms with Crippen molar-refractivity contribution in [2.75, 3.05) is 0 Å². The zero-order valence-corrected chi connectivity index (χ0v) is 16.3. The Kier molecular flexibility index (Phi) is 6.72. The second kappa shape index (κ2) is 8.80. The standard InChI is InChI=1S/C22H27FN2O2/c1-16(21(27)24-22(2,3)4)25(15-18-10-12-19(23)13-11-18)20(26)14-17-8-6-5-7-9-17/h5-13,16H,14-15H2,1-4H3,(H,24,27)/t16-/m1/s1. The van der Waals surface area contributed by atoms with Crippen molar-refractivity contribution in [3.63, 3.8) is 0 Å². The summed E-state index contributed by atoms with van der Waals surface area (Å²) in [5.74, 6) is -0.701. The summed E-state index contributed by atoms with van der Waals surface area (Å²) in [6.07, 6.45) is 0.204. The van der Waals surface area contributed by atoms with Crippen molar-refractivity contribution in [2.45, 2.75) is 52.2 Å². The third kappa shape index (κ3) is 6.51. The number of nitrogens with zero attached hydrogens (tertiary/aromatic N) is 1. The van der Waals surface area contributed by atoms with E-state index in [-0.39, 0.29) is 30.6 Å². The van der Waals surface area contributed by atoms with E-state index in [4.69, 9.17) is 0 Å². The number of benzene rings is 2. The molecule has 0 aliphatic carbocycles. The molecule has 0 unspecified atom stereocenters. The van der Waals surface area contributed by atoms with E-state index in [1.807, 2.05) is 51.1 Å². The Hall–Kier alpha value is -2.69. The van der Waals surface area contributed by atoms with Crippen molar-refractivity contribution in [3.8, 4) is 0 Å². The fourth-order valence-electron chi connectivity index (χ4n) is 2.72. The maximum atomic E-state index is 13.2. The van der Waals surface area contributed by atoms with Gasteiger partial charge in [-0.05, 0) is 51.0 Å². The van der Waals surface area contributed by atoms with Crippen LogP contribution in [0.3, 0.4) is 0 Å². The van der Waals surface area contributed by atoms with Crippen molar-refractivity contribution in [1.29, 1.82) is 0 Å². The molecule has 144 valence electrons. The molecule has 0 saturated carbocycles. The number of rotatable bonds is 6. The molecule has 1 N–H and O–H groups in total. The van der Waals surface area contributed by atoms with Crippen LogP contribution < -0.4 is 5.32 Å². The second-order valence-corrected chi connectivity index (χ2v) is 7.73. The van der Waals surface area contributed by atoms with Gasteiger partial charge in [-0.25, -0.2) is 4.39 Å². The molecule has 0 heterocycles. The van der Waals surface area contributed by atoms with Crippen molar-refractivity contribution in [2.24, 2.45) is 0 Å². The van der Waals surface area contributed by atoms with Gasteiger partial charge < -0.3 is 10.2 Å². The van der Waals surface area contributed by atoms with Crippen LogP contribution in [0.15, 0.2) is 54.6 Å². The van der Waals surface area contributed by atoms with Crippen molar-refractivity contribution in [1.82, 2.24) is 10.2 Å². The van der Waals surface area contributed by atoms with Crippen LogP contribution >= 0.6 is 0 Å². The highest BCUT2D eigenvalue weighted by molar-refractivity contribution is 5.88. The molecule has 2 rings (SSSR count). The summed E-state index contributed by atoms with van der Waals surface area (Å²) in [5, 5.41) is 2.92. The SMILES string of the molecule is C[C@H](C(=O)NC(C)(C)C)N(Cc1ccc(F)cc1)C(=O)Cc1ccccc1. The normalized spacial score (nSPS) is 12.3. The molecule has 4 nitrogen and oxygen atoms in total. The Morgan fingerprint density at radius 1 is 1.00 bits per heavy atom. The Morgan fingerprint density at radius 2 is 1.59 bits per heavy atom. The van der Waals surface area contributed by atoms with E-state index in [1.54, 1.807) is 24.0 Å². The molecule has 0 saturated heterocycles. The molecule has 2 aromatic rings. The molecule has 27 heavy (non-hydrogen) atoms. The molecule has 0 bridgehead atoms. The van der Waals surface area contributed by atoms with E-state index in [0.717, 1.165) is 11.1 Å². The molecule has 5 heteroatoms. The maximum absolute atomic E-state index is 13.2. The Bertz CT molecular complexity index is 767. The smallest absolute Gasteiger partial charge is 0.242 e. The Labute approximate surface area is 160 Å². The van der Waals surface area contributed by atoms with E-state index in [0.29, 0.717) is 0 Å². The van der Waals surface area contributed by atoms with Gasteiger partial charge in [0.05, 0.1) is 6.42 Å². The zero-order chi connectivity index (χ0) is 20.0. The lowest BCUT2D eigenvalue weighted by molar-refractivity contribution is -0.140. The van der Waals surface area contributed by atoms with Crippen molar-refractivity contribution < 1.29 is 14.0 Å². The fraction of sp³-hybridized carbons (Fsp3) is 0.364. The lowest BCUT2D eigenvalue weighted by Gasteiger charge is -2.31. The number of carbonyl (C=O) groups excluding carboxylic acids is 2. The van der Waals surface area contributed by atoms with E-state index in [1.165, 1.54) is 12.1 Å². The third-order valence-corrected chi connectivity index (χ3v) is 4.13. The van der Waals surface area contributed by atoms with Crippen LogP contribution in [-0.2, 0) is 22.6 Å². The first-order chi connectivity index (χ1) is 12.7. The van der Waals surface area contributed by atoms with Crippen LogP contribution in [0.2, 0.25) is 0 Å². The van der Waals surface area contributed by atoms with Crippen LogP contribution in [0.5, 0.6) is 0 Å². The summed E-state index contributed by atoms with van der Waals surface area (Å²) in [4.78, 5) is 27.1. The summed E-state index contributed by atoms with van der Waals surface area (Å²) in [5.41, 5.74) is 1.26. The van der Waals surface area contributed by atoms with Gasteiger partial charge in [0.15, 0.2) is 0 Å². The fourth-order valence-corrected chi connectivity index (χ4v) is 2.72. The number of halogens is 1. The molecule has 0 aromatic heterocycles. The third-order valence-electron chi connectivity index (χ3n) is 4.13. The Morgan fingerprint density at radius 3 is 2.15 bits per heavy atom. The molecule has 1 atom stereocenters. The van der Waals surface area contributed by atoms with Crippen molar-refractivity contribution >= 4 is 11.8 Å². The average Bonchev–Trinajstić information content (AvgIpc) is 2.60. The van der Waals surface area contributed by atoms with Crippen LogP contribution in [0.4, 0.5) is 4.39 Å². The monoisotopic (exact) mass is 370 g/mol. The van der Waals surface area contributed by atoms with Gasteiger partial charge in [-0.3, -0.25) is 9.59 Å². The highest BCUT2D eigenvalue weighted by Crippen LogP contribution is 2.14. The summed E-state index contributed by atoms with van der Waals surface area (Å²) in [6, 6.07) is 14.7. The minimum Gasteiger partial charge on any atom is -0.350 e. The van der Waals surface area contributed by atoms with Gasteiger partial charge in [-0.15, -0.1) is 0 Å². The minimum absolute atomic E-state index is 0.151. The topological polar surface area (TPSA) is 49.4 Å². The summed E-state index contributed by atoms with van der Waals surface area (Å²) in [6.45, 7) is 7.65. The number of hydrogen-bond acceptors (Lipinski definition) is 2. The largest absolute Gasteiger partial charge is 0.350 e. The molecule has 0 radical (unpaired) electrons. The van der Waals surface area contributed by atoms with Gasteiger partial charge in [0, 0.05) is 12.1 Å². The number of nitrogens with one attached hydrogen (secondary N) is 1. The van der Waals surface area contributed by atoms with Gasteiger partial charge in [0.1, 0.15) is 11.9 Å². The predicted molar refractivity (Wildman–Crippen MR) is 104 cm³/mol. The molecular formula is C22H27FN2O2. The number of amides is 2. The molecular weight excluding hydrogens is 343 g/mol. The molecule has 2 amide bonds. The van der Waals surface area contributed by atoms with E-state index in [2.05, 4.69) is 5.32 Å². The van der Waals surface area contributed by atoms with Gasteiger partial charge >= 0.3 is 0 Å². The second-order valence-electron chi connectivity index (χ2n) is 7.73. The van der Waals surface area contributed by atoms with Gasteiger partial charge in [0.25, 0.3) is 0 Å². The van der Waals surface area contributed by atoms with Crippen LogP contribution in [-0.4, -0.2) is 28.3 Å². The average molecular weight is 370 g/mol. The van der Waals surface area contributed by atoms with Crippen LogP contribution in [0.25, 0.3) is 0 Å². The van der Waals surface area contributed by atoms with Gasteiger partial charge in [-0.1, -0.05) is 42.5 Å². The summed E-state index contributed by atoms with van der Waals surface area (Å²) >= 11 is 0. The predicted octanol–water partition coefficient (Wildman–Crippen LogP) is 3.70. The highest BCUT2D eigenvalue weighted by Gasteiger charge is 2.28. The van der Waals surface area contributed by atoms with E-state index < -0.39 is 11.6 Å². The van der Waals surface area contributed by atoms with Crippen LogP contribution in [0, 0.1) is 5.82 Å². The molecule has 2 aromatic carbocycles.